The van der Waals surface area contributed by atoms with Crippen LogP contribution in [-0.2, 0) is 10.1 Å². The Balaban J connectivity index is 0.000000465. The molecule has 0 spiro atoms. The molecule has 140 valence electrons. The number of hydrogen-bond acceptors (Lipinski definition) is 5. The molecule has 0 aliphatic rings. The number of fused-ring (bicyclic) bond motifs is 1. The standard InChI is InChI=1S/C18H15N3O.CH4O3S/c19-20-12-13-6-7-15-11-16(9-8-14(15)10-13)18(22)21-17-4-2-1-3-5-17;1-5(2,3)4/h1-12H,19H2,(H,21,22);1H3,(H,2,3,4)/b20-12-;. The summed E-state index contributed by atoms with van der Waals surface area (Å²) in [5.41, 5.74) is 2.33. The van der Waals surface area contributed by atoms with Gasteiger partial charge in [0.2, 0.25) is 0 Å². The van der Waals surface area contributed by atoms with Crippen LogP contribution in [0.15, 0.2) is 71.8 Å². The molecule has 3 aromatic rings. The molecular formula is C19H19N3O4S. The molecule has 0 heterocycles. The molecule has 3 rings (SSSR count). The Morgan fingerprint density at radius 3 is 2.26 bits per heavy atom. The van der Waals surface area contributed by atoms with Crippen LogP contribution in [0.1, 0.15) is 15.9 Å². The molecule has 0 saturated heterocycles. The van der Waals surface area contributed by atoms with E-state index in [0.717, 1.165) is 22.0 Å². The molecule has 0 fully saturated rings. The highest BCUT2D eigenvalue weighted by atomic mass is 32.2. The Morgan fingerprint density at radius 1 is 1.04 bits per heavy atom. The molecule has 0 atom stereocenters. The van der Waals surface area contributed by atoms with Gasteiger partial charge in [0.05, 0.1) is 12.5 Å². The molecule has 8 heteroatoms. The summed E-state index contributed by atoms with van der Waals surface area (Å²) in [6.07, 6.45) is 2.31. The minimum atomic E-state index is -3.67. The fourth-order valence-electron chi connectivity index (χ4n) is 2.30. The zero-order valence-corrected chi connectivity index (χ0v) is 15.3. The monoisotopic (exact) mass is 385 g/mol. The van der Waals surface area contributed by atoms with Gasteiger partial charge in [-0.2, -0.15) is 13.5 Å². The lowest BCUT2D eigenvalue weighted by Crippen LogP contribution is -2.11. The van der Waals surface area contributed by atoms with E-state index in [1.807, 2.05) is 66.7 Å². The van der Waals surface area contributed by atoms with Crippen molar-refractivity contribution in [3.05, 3.63) is 77.9 Å². The molecule has 1 amide bonds. The van der Waals surface area contributed by atoms with Crippen molar-refractivity contribution in [1.29, 1.82) is 0 Å². The predicted octanol–water partition coefficient (Wildman–Crippen LogP) is 2.89. The van der Waals surface area contributed by atoms with Crippen molar-refractivity contribution in [1.82, 2.24) is 0 Å². The highest BCUT2D eigenvalue weighted by Gasteiger charge is 2.07. The molecule has 3 aromatic carbocycles. The second kappa shape index (κ2) is 8.93. The van der Waals surface area contributed by atoms with E-state index >= 15 is 0 Å². The van der Waals surface area contributed by atoms with Gasteiger partial charge in [-0.15, -0.1) is 0 Å². The van der Waals surface area contributed by atoms with E-state index in [1.54, 1.807) is 6.21 Å². The number of hydrazone groups is 1. The van der Waals surface area contributed by atoms with Gasteiger partial charge in [-0.3, -0.25) is 9.35 Å². The van der Waals surface area contributed by atoms with Crippen LogP contribution >= 0.6 is 0 Å². The van der Waals surface area contributed by atoms with Crippen LogP contribution in [0.4, 0.5) is 5.69 Å². The lowest BCUT2D eigenvalue weighted by molar-refractivity contribution is 0.102. The highest BCUT2D eigenvalue weighted by molar-refractivity contribution is 7.85. The van der Waals surface area contributed by atoms with Crippen LogP contribution in [0.3, 0.4) is 0 Å². The van der Waals surface area contributed by atoms with Crippen LogP contribution in [0.2, 0.25) is 0 Å². The number of rotatable bonds is 3. The minimum Gasteiger partial charge on any atom is -0.323 e. The van der Waals surface area contributed by atoms with Crippen LogP contribution in [0.25, 0.3) is 10.8 Å². The zero-order chi connectivity index (χ0) is 19.9. The van der Waals surface area contributed by atoms with Gasteiger partial charge in [0.1, 0.15) is 0 Å². The molecule has 7 nitrogen and oxygen atoms in total. The third-order valence-corrected chi connectivity index (χ3v) is 3.38. The van der Waals surface area contributed by atoms with E-state index in [1.165, 1.54) is 0 Å². The van der Waals surface area contributed by atoms with E-state index in [-0.39, 0.29) is 5.91 Å². The van der Waals surface area contributed by atoms with E-state index < -0.39 is 10.1 Å². The lowest BCUT2D eigenvalue weighted by Gasteiger charge is -2.06. The molecule has 0 unspecified atom stereocenters. The number of hydrogen-bond donors (Lipinski definition) is 3. The second-order valence-electron chi connectivity index (χ2n) is 5.65. The number of nitrogens with zero attached hydrogens (tertiary/aromatic N) is 1. The fourth-order valence-corrected chi connectivity index (χ4v) is 2.30. The van der Waals surface area contributed by atoms with Crippen molar-refractivity contribution in [3.8, 4) is 0 Å². The van der Waals surface area contributed by atoms with Crippen molar-refractivity contribution < 1.29 is 17.8 Å². The maximum absolute atomic E-state index is 12.3. The molecule has 0 bridgehead atoms. The van der Waals surface area contributed by atoms with E-state index in [2.05, 4.69) is 10.4 Å². The SMILES string of the molecule is CS(=O)(=O)O.N/N=C\c1ccc2cc(C(=O)Nc3ccccc3)ccc2c1. The van der Waals surface area contributed by atoms with Crippen molar-refractivity contribution in [2.75, 3.05) is 11.6 Å². The first-order valence-electron chi connectivity index (χ1n) is 7.82. The summed E-state index contributed by atoms with van der Waals surface area (Å²) < 4.78 is 25.9. The molecule has 0 saturated carbocycles. The van der Waals surface area contributed by atoms with E-state index in [0.29, 0.717) is 11.8 Å². The van der Waals surface area contributed by atoms with Crippen molar-refractivity contribution in [3.63, 3.8) is 0 Å². The van der Waals surface area contributed by atoms with Crippen LogP contribution in [0.5, 0.6) is 0 Å². The van der Waals surface area contributed by atoms with Gasteiger partial charge in [0.25, 0.3) is 16.0 Å². The molecule has 0 aliphatic heterocycles. The predicted molar refractivity (Wildman–Crippen MR) is 108 cm³/mol. The first-order valence-corrected chi connectivity index (χ1v) is 9.67. The van der Waals surface area contributed by atoms with Gasteiger partial charge in [0.15, 0.2) is 0 Å². The quantitative estimate of drug-likeness (QED) is 0.277. The van der Waals surface area contributed by atoms with Gasteiger partial charge in [0, 0.05) is 11.3 Å². The summed E-state index contributed by atoms with van der Waals surface area (Å²) in [6, 6.07) is 20.8. The molecule has 0 radical (unpaired) electrons. The average Bonchev–Trinajstić information content (AvgIpc) is 2.61. The topological polar surface area (TPSA) is 122 Å². The van der Waals surface area contributed by atoms with E-state index in [9.17, 15) is 13.2 Å². The van der Waals surface area contributed by atoms with Gasteiger partial charge < -0.3 is 11.2 Å². The third kappa shape index (κ3) is 6.89. The number of carbonyl (C=O) groups excluding carboxylic acids is 1. The number of benzene rings is 3. The summed E-state index contributed by atoms with van der Waals surface area (Å²) in [5, 5.41) is 8.43. The van der Waals surface area contributed by atoms with Crippen LogP contribution in [-0.4, -0.2) is 31.3 Å². The summed E-state index contributed by atoms with van der Waals surface area (Å²) in [4.78, 5) is 12.3. The number of nitrogens with one attached hydrogen (secondary N) is 1. The smallest absolute Gasteiger partial charge is 0.261 e. The minimum absolute atomic E-state index is 0.124. The van der Waals surface area contributed by atoms with E-state index in [4.69, 9.17) is 10.4 Å². The number of amides is 1. The zero-order valence-electron chi connectivity index (χ0n) is 14.5. The third-order valence-electron chi connectivity index (χ3n) is 3.38. The molecule has 27 heavy (non-hydrogen) atoms. The summed E-state index contributed by atoms with van der Waals surface area (Å²) >= 11 is 0. The molecule has 0 aliphatic carbocycles. The lowest BCUT2D eigenvalue weighted by atomic mass is 10.0. The Labute approximate surface area is 157 Å². The van der Waals surface area contributed by atoms with Gasteiger partial charge in [-0.1, -0.05) is 36.4 Å². The average molecular weight is 385 g/mol. The summed E-state index contributed by atoms with van der Waals surface area (Å²) in [5.74, 6) is 5.03. The Kier molecular flexibility index (Phi) is 6.64. The molecule has 4 N–H and O–H groups in total. The van der Waals surface area contributed by atoms with Crippen molar-refractivity contribution >= 4 is 38.7 Å². The number of nitrogens with two attached hydrogens (primary N) is 1. The number of anilines is 1. The van der Waals surface area contributed by atoms with Gasteiger partial charge in [-0.25, -0.2) is 0 Å². The summed E-state index contributed by atoms with van der Waals surface area (Å²) in [6.45, 7) is 0. The number of carbonyl (C=O) groups is 1. The van der Waals surface area contributed by atoms with Crippen LogP contribution in [0, 0.1) is 0 Å². The Morgan fingerprint density at radius 2 is 1.63 bits per heavy atom. The highest BCUT2D eigenvalue weighted by Crippen LogP contribution is 2.18. The summed E-state index contributed by atoms with van der Waals surface area (Å²) in [7, 11) is -3.67. The first-order chi connectivity index (χ1) is 12.8. The maximum Gasteiger partial charge on any atom is 0.261 e. The molecular weight excluding hydrogens is 366 g/mol. The maximum atomic E-state index is 12.3. The Hall–Kier alpha value is -3.23. The Bertz CT molecular complexity index is 1060. The fraction of sp³-hybridized carbons (Fsp3) is 0.0526. The van der Waals surface area contributed by atoms with Gasteiger partial charge in [-0.05, 0) is 46.7 Å². The molecule has 0 aromatic heterocycles. The number of para-hydroxylation sites is 1. The second-order valence-corrected chi connectivity index (χ2v) is 7.12. The largest absolute Gasteiger partial charge is 0.323 e. The first kappa shape index (κ1) is 20.1. The normalized spacial score (nSPS) is 11.0. The van der Waals surface area contributed by atoms with Gasteiger partial charge >= 0.3 is 0 Å². The van der Waals surface area contributed by atoms with Crippen molar-refractivity contribution in [2.24, 2.45) is 10.9 Å². The van der Waals surface area contributed by atoms with Crippen LogP contribution < -0.4 is 11.2 Å². The van der Waals surface area contributed by atoms with Crippen molar-refractivity contribution in [2.45, 2.75) is 0 Å².